The Morgan fingerprint density at radius 2 is 2.03 bits per heavy atom. The van der Waals surface area contributed by atoms with Gasteiger partial charge in [-0.1, -0.05) is 11.6 Å². The van der Waals surface area contributed by atoms with Gasteiger partial charge >= 0.3 is 0 Å². The summed E-state index contributed by atoms with van der Waals surface area (Å²) in [6, 6.07) is 7.77. The normalized spacial score (nSPS) is 16.4. The molecule has 2 N–H and O–H groups in total. The van der Waals surface area contributed by atoms with Gasteiger partial charge in [-0.05, 0) is 18.2 Å². The Hall–Kier alpha value is -2.66. The number of carbonyl (C=O) groups excluding carboxylic acids is 1. The number of nitrogens with one attached hydrogen (secondary N) is 2. The second-order valence-corrected chi connectivity index (χ2v) is 9.59. The maximum Gasteiger partial charge on any atom is 0.235 e. The van der Waals surface area contributed by atoms with Gasteiger partial charge in [-0.15, -0.1) is 11.8 Å². The molecular formula is C23H26ClN7O2S. The summed E-state index contributed by atoms with van der Waals surface area (Å²) in [5, 5.41) is 6.92. The summed E-state index contributed by atoms with van der Waals surface area (Å²) in [5.74, 6) is 1.68. The van der Waals surface area contributed by atoms with Crippen LogP contribution in [0.1, 0.15) is 5.69 Å². The lowest BCUT2D eigenvalue weighted by atomic mass is 10.2. The van der Waals surface area contributed by atoms with Crippen molar-refractivity contribution >= 4 is 51.8 Å². The standard InChI is InChI=1S/C23H26ClN7O2S/c1-33-20-5-3-17-21(29-20)22(16(24)13-26-17)31-10-8-30(9-11-31)7-6-25-12-15-2-4-18-23(27-15)28-19(32)14-34-18/h2-5,13,25H,6-12,14H2,1H3,(H,27,28,32). The van der Waals surface area contributed by atoms with E-state index in [1.54, 1.807) is 13.3 Å². The molecule has 0 aromatic carbocycles. The highest BCUT2D eigenvalue weighted by Gasteiger charge is 2.22. The molecule has 5 rings (SSSR count). The average molecular weight is 500 g/mol. The van der Waals surface area contributed by atoms with Gasteiger partial charge in [-0.25, -0.2) is 9.97 Å². The third-order valence-corrected chi connectivity index (χ3v) is 7.28. The Bertz CT molecular complexity index is 1200. The van der Waals surface area contributed by atoms with E-state index < -0.39 is 0 Å². The monoisotopic (exact) mass is 499 g/mol. The van der Waals surface area contributed by atoms with E-state index in [1.807, 2.05) is 24.3 Å². The first-order valence-corrected chi connectivity index (χ1v) is 12.6. The quantitative estimate of drug-likeness (QED) is 0.475. The minimum atomic E-state index is 0.00483. The van der Waals surface area contributed by atoms with Gasteiger partial charge < -0.3 is 20.3 Å². The number of thioether (sulfide) groups is 1. The fraction of sp³-hybridized carbons (Fsp3) is 0.391. The Morgan fingerprint density at radius 1 is 1.18 bits per heavy atom. The summed E-state index contributed by atoms with van der Waals surface area (Å²) in [6.45, 7) is 6.07. The van der Waals surface area contributed by atoms with Crippen molar-refractivity contribution in [2.24, 2.45) is 0 Å². The third kappa shape index (κ3) is 5.05. The van der Waals surface area contributed by atoms with E-state index in [1.165, 1.54) is 11.8 Å². The van der Waals surface area contributed by atoms with E-state index in [4.69, 9.17) is 16.3 Å². The molecule has 2 aliphatic heterocycles. The number of amides is 1. The van der Waals surface area contributed by atoms with Crippen LogP contribution in [0.3, 0.4) is 0 Å². The maximum absolute atomic E-state index is 11.6. The van der Waals surface area contributed by atoms with Crippen LogP contribution in [0.5, 0.6) is 5.88 Å². The number of ether oxygens (including phenoxy) is 1. The fourth-order valence-corrected chi connectivity index (χ4v) is 5.19. The Morgan fingerprint density at radius 3 is 2.85 bits per heavy atom. The van der Waals surface area contributed by atoms with Crippen LogP contribution >= 0.6 is 23.4 Å². The topological polar surface area (TPSA) is 95.5 Å². The molecular weight excluding hydrogens is 474 g/mol. The molecule has 0 saturated carbocycles. The maximum atomic E-state index is 11.6. The molecule has 0 unspecified atom stereocenters. The van der Waals surface area contributed by atoms with Gasteiger partial charge in [0, 0.05) is 58.1 Å². The van der Waals surface area contributed by atoms with E-state index in [9.17, 15) is 4.79 Å². The second kappa shape index (κ2) is 10.3. The fourth-order valence-electron chi connectivity index (χ4n) is 4.18. The number of rotatable bonds is 7. The Labute approximate surface area is 207 Å². The molecule has 9 nitrogen and oxygen atoms in total. The lowest BCUT2D eigenvalue weighted by molar-refractivity contribution is -0.113. The number of aromatic nitrogens is 3. The zero-order valence-electron chi connectivity index (χ0n) is 18.9. The van der Waals surface area contributed by atoms with E-state index >= 15 is 0 Å². The first-order valence-electron chi connectivity index (χ1n) is 11.2. The number of methoxy groups -OCH3 is 1. The van der Waals surface area contributed by atoms with Crippen molar-refractivity contribution in [1.82, 2.24) is 25.2 Å². The van der Waals surface area contributed by atoms with Crippen molar-refractivity contribution in [2.45, 2.75) is 11.4 Å². The summed E-state index contributed by atoms with van der Waals surface area (Å²) in [6.07, 6.45) is 1.70. The van der Waals surface area contributed by atoms with Gasteiger partial charge in [0.25, 0.3) is 0 Å². The van der Waals surface area contributed by atoms with Crippen LogP contribution in [0.15, 0.2) is 35.4 Å². The van der Waals surface area contributed by atoms with Gasteiger partial charge in [0.2, 0.25) is 11.8 Å². The largest absolute Gasteiger partial charge is 0.481 e. The van der Waals surface area contributed by atoms with Crippen LogP contribution < -0.4 is 20.3 Å². The molecule has 1 fully saturated rings. The smallest absolute Gasteiger partial charge is 0.235 e. The summed E-state index contributed by atoms with van der Waals surface area (Å²) < 4.78 is 5.30. The SMILES string of the molecule is COc1ccc2ncc(Cl)c(N3CCN(CCNCc4ccc5c(n4)NC(=O)CS5)CC3)c2n1. The number of nitrogens with zero attached hydrogens (tertiary/aromatic N) is 5. The minimum Gasteiger partial charge on any atom is -0.481 e. The van der Waals surface area contributed by atoms with Gasteiger partial charge in [0.1, 0.15) is 11.3 Å². The molecule has 0 spiro atoms. The number of hydrogen-bond acceptors (Lipinski definition) is 9. The average Bonchev–Trinajstić information content (AvgIpc) is 2.86. The molecule has 0 atom stereocenters. The summed E-state index contributed by atoms with van der Waals surface area (Å²) in [7, 11) is 1.61. The van der Waals surface area contributed by atoms with E-state index in [-0.39, 0.29) is 5.91 Å². The van der Waals surface area contributed by atoms with Crippen molar-refractivity contribution in [2.75, 3.05) is 62.3 Å². The molecule has 0 aliphatic carbocycles. The first kappa shape index (κ1) is 23.1. The van der Waals surface area contributed by atoms with Gasteiger partial charge in [-0.2, -0.15) is 0 Å². The van der Waals surface area contributed by atoms with Crippen LogP contribution in [0.4, 0.5) is 11.5 Å². The second-order valence-electron chi connectivity index (χ2n) is 8.17. The van der Waals surface area contributed by atoms with Crippen LogP contribution in [0.25, 0.3) is 11.0 Å². The lowest BCUT2D eigenvalue weighted by Gasteiger charge is -2.36. The lowest BCUT2D eigenvalue weighted by Crippen LogP contribution is -2.48. The summed E-state index contributed by atoms with van der Waals surface area (Å²) in [5.41, 5.74) is 3.43. The Kier molecular flexibility index (Phi) is 7.00. The van der Waals surface area contributed by atoms with E-state index in [0.717, 1.165) is 66.6 Å². The van der Waals surface area contributed by atoms with Crippen molar-refractivity contribution in [3.8, 4) is 5.88 Å². The molecule has 0 radical (unpaired) electrons. The van der Waals surface area contributed by atoms with E-state index in [2.05, 4.69) is 35.4 Å². The zero-order chi connectivity index (χ0) is 23.5. The number of hydrogen-bond donors (Lipinski definition) is 2. The number of halogens is 1. The van der Waals surface area contributed by atoms with E-state index in [0.29, 0.717) is 29.0 Å². The molecule has 3 aromatic rings. The number of anilines is 2. The molecule has 1 saturated heterocycles. The summed E-state index contributed by atoms with van der Waals surface area (Å²) in [4.78, 5) is 30.9. The molecule has 0 bridgehead atoms. The molecule has 2 aliphatic rings. The zero-order valence-corrected chi connectivity index (χ0v) is 20.5. The highest BCUT2D eigenvalue weighted by atomic mass is 35.5. The number of pyridine rings is 3. The number of piperazine rings is 1. The van der Waals surface area contributed by atoms with Crippen LogP contribution in [0.2, 0.25) is 5.02 Å². The summed E-state index contributed by atoms with van der Waals surface area (Å²) >= 11 is 8.07. The highest BCUT2D eigenvalue weighted by Crippen LogP contribution is 2.33. The van der Waals surface area contributed by atoms with Crippen molar-refractivity contribution in [1.29, 1.82) is 0 Å². The number of fused-ring (bicyclic) bond motifs is 2. The van der Waals surface area contributed by atoms with Gasteiger partial charge in [0.15, 0.2) is 0 Å². The van der Waals surface area contributed by atoms with Crippen molar-refractivity contribution in [3.05, 3.63) is 41.2 Å². The molecule has 3 aromatic heterocycles. The Balaban J connectivity index is 1.13. The predicted molar refractivity (Wildman–Crippen MR) is 135 cm³/mol. The minimum absolute atomic E-state index is 0.00483. The number of carbonyl (C=O) groups is 1. The predicted octanol–water partition coefficient (Wildman–Crippen LogP) is 2.64. The molecule has 5 heterocycles. The highest BCUT2D eigenvalue weighted by molar-refractivity contribution is 8.00. The van der Waals surface area contributed by atoms with Crippen LogP contribution in [0, 0.1) is 0 Å². The molecule has 34 heavy (non-hydrogen) atoms. The molecule has 1 amide bonds. The van der Waals surface area contributed by atoms with Crippen molar-refractivity contribution < 1.29 is 9.53 Å². The van der Waals surface area contributed by atoms with Crippen LogP contribution in [-0.4, -0.2) is 77.9 Å². The first-order chi connectivity index (χ1) is 16.6. The van der Waals surface area contributed by atoms with Crippen molar-refractivity contribution in [3.63, 3.8) is 0 Å². The third-order valence-electron chi connectivity index (χ3n) is 5.96. The van der Waals surface area contributed by atoms with Gasteiger partial charge in [0.05, 0.1) is 39.7 Å². The van der Waals surface area contributed by atoms with Gasteiger partial charge in [-0.3, -0.25) is 14.7 Å². The van der Waals surface area contributed by atoms with Crippen LogP contribution in [-0.2, 0) is 11.3 Å². The molecule has 178 valence electrons. The molecule has 11 heteroatoms.